The highest BCUT2D eigenvalue weighted by molar-refractivity contribution is 6.31. The molecular formula is C22H29ClN8O. The van der Waals surface area contributed by atoms with E-state index in [0.29, 0.717) is 33.7 Å². The third kappa shape index (κ3) is 4.94. The quantitative estimate of drug-likeness (QED) is 0.432. The number of amides is 1. The highest BCUT2D eigenvalue weighted by Crippen LogP contribution is 2.30. The van der Waals surface area contributed by atoms with E-state index in [1.54, 1.807) is 24.5 Å². The third-order valence-corrected chi connectivity index (χ3v) is 5.81. The van der Waals surface area contributed by atoms with Gasteiger partial charge in [-0.1, -0.05) is 24.4 Å². The van der Waals surface area contributed by atoms with Crippen LogP contribution in [0, 0.1) is 0 Å². The van der Waals surface area contributed by atoms with E-state index in [2.05, 4.69) is 34.8 Å². The van der Waals surface area contributed by atoms with Crippen molar-refractivity contribution in [1.82, 2.24) is 19.5 Å². The van der Waals surface area contributed by atoms with E-state index in [4.69, 9.17) is 27.3 Å². The number of aromatic nitrogens is 4. The van der Waals surface area contributed by atoms with Crippen molar-refractivity contribution in [3.63, 3.8) is 0 Å². The predicted octanol–water partition coefficient (Wildman–Crippen LogP) is 4.44. The third-order valence-electron chi connectivity index (χ3n) is 5.59. The number of anilines is 4. The Morgan fingerprint density at radius 2 is 1.94 bits per heavy atom. The Hall–Kier alpha value is -2.91. The maximum Gasteiger partial charge on any atom is 0.227 e. The number of nitrogens with zero attached hydrogens (tertiary/aromatic N) is 4. The molecule has 1 saturated carbocycles. The van der Waals surface area contributed by atoms with Gasteiger partial charge in [0.25, 0.3) is 0 Å². The summed E-state index contributed by atoms with van der Waals surface area (Å²) in [7, 11) is 0. The van der Waals surface area contributed by atoms with Gasteiger partial charge in [0.15, 0.2) is 17.0 Å². The molecule has 0 aliphatic heterocycles. The van der Waals surface area contributed by atoms with Crippen LogP contribution in [-0.4, -0.2) is 37.5 Å². The summed E-state index contributed by atoms with van der Waals surface area (Å²) < 4.78 is 2.01. The molecule has 5 N–H and O–H groups in total. The van der Waals surface area contributed by atoms with Crippen LogP contribution in [0.15, 0.2) is 24.5 Å². The molecule has 32 heavy (non-hydrogen) atoms. The lowest BCUT2D eigenvalue weighted by atomic mass is 9.91. The lowest BCUT2D eigenvalue weighted by Crippen LogP contribution is -2.43. The second kappa shape index (κ2) is 9.30. The Balaban J connectivity index is 1.73. The Bertz CT molecular complexity index is 1130. The molecule has 1 fully saturated rings. The van der Waals surface area contributed by atoms with Gasteiger partial charge in [-0.25, -0.2) is 4.98 Å². The minimum absolute atomic E-state index is 0.0719. The number of hydrogen-bond donors (Lipinski definition) is 4. The number of benzene rings is 1. The van der Waals surface area contributed by atoms with Crippen LogP contribution >= 0.6 is 11.6 Å². The van der Waals surface area contributed by atoms with Crippen molar-refractivity contribution in [2.75, 3.05) is 16.0 Å². The molecule has 1 aliphatic carbocycles. The first-order valence-corrected chi connectivity index (χ1v) is 11.3. The summed E-state index contributed by atoms with van der Waals surface area (Å²) in [5.74, 6) is 0.889. The molecule has 0 unspecified atom stereocenters. The van der Waals surface area contributed by atoms with Crippen molar-refractivity contribution in [3.8, 4) is 0 Å². The lowest BCUT2D eigenvalue weighted by molar-refractivity contribution is -0.114. The van der Waals surface area contributed by atoms with Gasteiger partial charge in [-0.2, -0.15) is 9.97 Å². The molecule has 2 atom stereocenters. The predicted molar refractivity (Wildman–Crippen MR) is 129 cm³/mol. The molecule has 2 heterocycles. The SMILES string of the molecule is CC(=O)Nc1cc(Cl)cc(Nc2nc(N[C@H]3CCCC[C@H]3N)nc3c2ncn3C(C)C)c1. The first-order chi connectivity index (χ1) is 15.3. The molecule has 0 saturated heterocycles. The highest BCUT2D eigenvalue weighted by atomic mass is 35.5. The van der Waals surface area contributed by atoms with E-state index in [-0.39, 0.29) is 24.0 Å². The first kappa shape index (κ1) is 22.3. The minimum atomic E-state index is -0.173. The molecule has 0 radical (unpaired) electrons. The van der Waals surface area contributed by atoms with Gasteiger partial charge in [0, 0.05) is 41.4 Å². The van der Waals surface area contributed by atoms with Gasteiger partial charge in [0.2, 0.25) is 11.9 Å². The van der Waals surface area contributed by atoms with Gasteiger partial charge in [0.05, 0.1) is 6.33 Å². The summed E-state index contributed by atoms with van der Waals surface area (Å²) in [6, 6.07) is 5.64. The molecule has 4 rings (SSSR count). The monoisotopic (exact) mass is 456 g/mol. The number of hydrogen-bond acceptors (Lipinski definition) is 7. The van der Waals surface area contributed by atoms with Crippen molar-refractivity contribution in [2.24, 2.45) is 5.73 Å². The van der Waals surface area contributed by atoms with E-state index in [9.17, 15) is 4.79 Å². The molecule has 0 bridgehead atoms. The lowest BCUT2D eigenvalue weighted by Gasteiger charge is -2.29. The number of nitrogens with two attached hydrogens (primary N) is 1. The number of halogens is 1. The first-order valence-electron chi connectivity index (χ1n) is 10.9. The molecule has 1 aliphatic rings. The number of carbonyl (C=O) groups excluding carboxylic acids is 1. The van der Waals surface area contributed by atoms with Crippen molar-refractivity contribution in [1.29, 1.82) is 0 Å². The van der Waals surface area contributed by atoms with Gasteiger partial charge >= 0.3 is 0 Å². The van der Waals surface area contributed by atoms with E-state index in [1.807, 2.05) is 4.57 Å². The van der Waals surface area contributed by atoms with Gasteiger partial charge in [-0.15, -0.1) is 0 Å². The Morgan fingerprint density at radius 1 is 1.19 bits per heavy atom. The Labute approximate surface area is 192 Å². The second-order valence-electron chi connectivity index (χ2n) is 8.55. The zero-order valence-corrected chi connectivity index (χ0v) is 19.3. The van der Waals surface area contributed by atoms with Crippen molar-refractivity contribution in [3.05, 3.63) is 29.5 Å². The largest absolute Gasteiger partial charge is 0.350 e. The van der Waals surface area contributed by atoms with Crippen LogP contribution in [0.5, 0.6) is 0 Å². The fraction of sp³-hybridized carbons (Fsp3) is 0.455. The van der Waals surface area contributed by atoms with Gasteiger partial charge < -0.3 is 26.3 Å². The number of carbonyl (C=O) groups is 1. The summed E-state index contributed by atoms with van der Waals surface area (Å²) in [5.41, 5.74) is 8.99. The van der Waals surface area contributed by atoms with Crippen LogP contribution in [0.3, 0.4) is 0 Å². The van der Waals surface area contributed by atoms with Crippen molar-refractivity contribution >= 4 is 51.8 Å². The highest BCUT2D eigenvalue weighted by Gasteiger charge is 2.24. The Morgan fingerprint density at radius 3 is 2.66 bits per heavy atom. The fourth-order valence-corrected chi connectivity index (χ4v) is 4.26. The number of rotatable bonds is 6. The number of nitrogens with one attached hydrogen (secondary N) is 3. The zero-order chi connectivity index (χ0) is 22.8. The maximum absolute atomic E-state index is 11.5. The molecule has 10 heteroatoms. The smallest absolute Gasteiger partial charge is 0.227 e. The average Bonchev–Trinajstić information content (AvgIpc) is 3.13. The molecule has 1 aromatic carbocycles. The minimum Gasteiger partial charge on any atom is -0.350 e. The summed E-state index contributed by atoms with van der Waals surface area (Å²) in [6.07, 6.45) is 6.03. The Kier molecular flexibility index (Phi) is 6.48. The van der Waals surface area contributed by atoms with E-state index in [1.165, 1.54) is 6.92 Å². The van der Waals surface area contributed by atoms with Crippen LogP contribution in [0.1, 0.15) is 52.5 Å². The van der Waals surface area contributed by atoms with Crippen LogP contribution in [-0.2, 0) is 4.79 Å². The molecule has 9 nitrogen and oxygen atoms in total. The molecule has 3 aromatic rings. The standard InChI is InChI=1S/C22H29ClN8O/c1-12(2)31-11-25-19-20(27-16-9-14(23)8-15(10-16)26-13(3)32)29-22(30-21(19)31)28-18-7-5-4-6-17(18)24/h8-12,17-18H,4-7,24H2,1-3H3,(H,26,32)(H2,27,28,29,30)/t17-,18+/m1/s1. The van der Waals surface area contributed by atoms with Crippen LogP contribution in [0.4, 0.5) is 23.1 Å². The van der Waals surface area contributed by atoms with Crippen molar-refractivity contribution < 1.29 is 4.79 Å². The summed E-state index contributed by atoms with van der Waals surface area (Å²) in [5, 5.41) is 10.00. The van der Waals surface area contributed by atoms with Gasteiger partial charge in [-0.05, 0) is 44.9 Å². The summed E-state index contributed by atoms with van der Waals surface area (Å²) >= 11 is 6.27. The average molecular weight is 457 g/mol. The van der Waals surface area contributed by atoms with Crippen LogP contribution in [0.2, 0.25) is 5.02 Å². The molecular weight excluding hydrogens is 428 g/mol. The van der Waals surface area contributed by atoms with Gasteiger partial charge in [0.1, 0.15) is 0 Å². The fourth-order valence-electron chi connectivity index (χ4n) is 4.02. The maximum atomic E-state index is 11.5. The number of fused-ring (bicyclic) bond motifs is 1. The normalized spacial score (nSPS) is 18.7. The molecule has 170 valence electrons. The molecule has 2 aromatic heterocycles. The van der Waals surface area contributed by atoms with Crippen LogP contribution in [0.25, 0.3) is 11.2 Å². The molecule has 1 amide bonds. The van der Waals surface area contributed by atoms with Crippen LogP contribution < -0.4 is 21.7 Å². The van der Waals surface area contributed by atoms with E-state index in [0.717, 1.165) is 31.3 Å². The van der Waals surface area contributed by atoms with Gasteiger partial charge in [-0.3, -0.25) is 4.79 Å². The number of imidazole rings is 1. The van der Waals surface area contributed by atoms with E-state index >= 15 is 0 Å². The van der Waals surface area contributed by atoms with E-state index < -0.39 is 0 Å². The topological polar surface area (TPSA) is 123 Å². The second-order valence-corrected chi connectivity index (χ2v) is 8.98. The summed E-state index contributed by atoms with van der Waals surface area (Å²) in [6.45, 7) is 5.61. The molecule has 0 spiro atoms. The zero-order valence-electron chi connectivity index (χ0n) is 18.5. The van der Waals surface area contributed by atoms with Crippen molar-refractivity contribution in [2.45, 2.75) is 64.6 Å². The summed E-state index contributed by atoms with van der Waals surface area (Å²) in [4.78, 5) is 25.5.